The Labute approximate surface area is 203 Å². The van der Waals surface area contributed by atoms with Crippen molar-refractivity contribution in [2.24, 2.45) is 35.5 Å². The van der Waals surface area contributed by atoms with Crippen LogP contribution in [-0.2, 0) is 42.8 Å². The van der Waals surface area contributed by atoms with Crippen LogP contribution in [0.1, 0.15) is 32.1 Å². The highest BCUT2D eigenvalue weighted by atomic mass is 16.7. The summed E-state index contributed by atoms with van der Waals surface area (Å²) >= 11 is 0. The number of nitrogens with zero attached hydrogens (tertiary/aromatic N) is 1. The quantitative estimate of drug-likeness (QED) is 0.284. The van der Waals surface area contributed by atoms with E-state index in [1.807, 2.05) is 4.90 Å². The maximum atomic E-state index is 13.1. The molecule has 0 N–H and O–H groups in total. The van der Waals surface area contributed by atoms with Gasteiger partial charge in [0.05, 0.1) is 25.9 Å². The maximum absolute atomic E-state index is 13.1. The van der Waals surface area contributed by atoms with Gasteiger partial charge in [-0.25, -0.2) is 0 Å². The van der Waals surface area contributed by atoms with Gasteiger partial charge in [-0.1, -0.05) is 6.42 Å². The van der Waals surface area contributed by atoms with E-state index in [2.05, 4.69) is 0 Å². The third-order valence-corrected chi connectivity index (χ3v) is 9.75. The lowest BCUT2D eigenvalue weighted by molar-refractivity contribution is -0.177. The van der Waals surface area contributed by atoms with Crippen molar-refractivity contribution in [3.05, 3.63) is 0 Å². The highest BCUT2D eigenvalue weighted by Gasteiger charge is 2.72. The van der Waals surface area contributed by atoms with E-state index in [1.54, 1.807) is 0 Å². The second-order valence-corrected chi connectivity index (χ2v) is 11.3. The van der Waals surface area contributed by atoms with Crippen molar-refractivity contribution in [1.82, 2.24) is 4.90 Å². The first kappa shape index (κ1) is 22.4. The molecule has 0 aromatic heterocycles. The van der Waals surface area contributed by atoms with Crippen molar-refractivity contribution in [2.45, 2.75) is 62.6 Å². The third-order valence-electron chi connectivity index (χ3n) is 9.75. The zero-order chi connectivity index (χ0) is 23.7. The average Bonchev–Trinajstić information content (AvgIpc) is 3.65. The molecule has 0 radical (unpaired) electrons. The van der Waals surface area contributed by atoms with Crippen LogP contribution in [0.5, 0.6) is 0 Å². The predicted molar refractivity (Wildman–Crippen MR) is 116 cm³/mol. The van der Waals surface area contributed by atoms with E-state index in [9.17, 15) is 14.4 Å². The number of esters is 3. The van der Waals surface area contributed by atoms with Gasteiger partial charge in [0.2, 0.25) is 0 Å². The van der Waals surface area contributed by atoms with E-state index in [4.69, 9.17) is 28.4 Å². The fourth-order valence-corrected chi connectivity index (χ4v) is 8.34. The lowest BCUT2D eigenvalue weighted by Crippen LogP contribution is -2.49. The molecule has 0 aromatic carbocycles. The highest BCUT2D eigenvalue weighted by Crippen LogP contribution is 2.59. The molecule has 3 aliphatic carbocycles. The second kappa shape index (κ2) is 8.68. The molecule has 11 unspecified atom stereocenters. The maximum Gasteiger partial charge on any atom is 0.320 e. The molecule has 4 aliphatic heterocycles. The molecule has 0 amide bonds. The van der Waals surface area contributed by atoms with Crippen molar-refractivity contribution in [3.63, 3.8) is 0 Å². The van der Waals surface area contributed by atoms with Gasteiger partial charge >= 0.3 is 17.9 Å². The van der Waals surface area contributed by atoms with Crippen LogP contribution < -0.4 is 0 Å². The zero-order valence-electron chi connectivity index (χ0n) is 19.8. The van der Waals surface area contributed by atoms with Gasteiger partial charge in [-0.05, 0) is 49.4 Å². The van der Waals surface area contributed by atoms with E-state index in [1.165, 1.54) is 25.7 Å². The van der Waals surface area contributed by atoms with Gasteiger partial charge in [-0.2, -0.15) is 0 Å². The minimum absolute atomic E-state index is 0.120. The summed E-state index contributed by atoms with van der Waals surface area (Å²) in [6.45, 7) is 2.46. The topological polar surface area (TPSA) is 110 Å². The van der Waals surface area contributed by atoms with Crippen LogP contribution >= 0.6 is 0 Å². The number of fused-ring (bicyclic) bond motifs is 6. The molecule has 4 bridgehead atoms. The lowest BCUT2D eigenvalue weighted by Gasteiger charge is -2.31. The smallest absolute Gasteiger partial charge is 0.320 e. The Morgan fingerprint density at radius 3 is 2.69 bits per heavy atom. The molecule has 7 fully saturated rings. The fraction of sp³-hybridized carbons (Fsp3) is 0.880. The van der Waals surface area contributed by atoms with Gasteiger partial charge in [-0.3, -0.25) is 19.3 Å². The van der Waals surface area contributed by atoms with Crippen LogP contribution in [-0.4, -0.2) is 93.0 Å². The normalized spacial score (nSPS) is 47.2. The molecule has 192 valence electrons. The van der Waals surface area contributed by atoms with Gasteiger partial charge < -0.3 is 28.4 Å². The number of rotatable bonds is 7. The van der Waals surface area contributed by atoms with Crippen molar-refractivity contribution < 1.29 is 42.8 Å². The number of hydrogen-bond donors (Lipinski definition) is 0. The minimum atomic E-state index is -0.852. The number of carbonyl (C=O) groups is 3. The monoisotopic (exact) mass is 491 g/mol. The highest BCUT2D eigenvalue weighted by molar-refractivity contribution is 5.87. The first-order chi connectivity index (χ1) is 17.1. The van der Waals surface area contributed by atoms with E-state index >= 15 is 0 Å². The summed E-state index contributed by atoms with van der Waals surface area (Å²) in [5.41, 5.74) is 0. The molecule has 3 saturated carbocycles. The summed E-state index contributed by atoms with van der Waals surface area (Å²) in [6, 6.07) is 0. The zero-order valence-corrected chi connectivity index (χ0v) is 19.8. The largest absolute Gasteiger partial charge is 0.455 e. The van der Waals surface area contributed by atoms with Gasteiger partial charge in [-0.15, -0.1) is 0 Å². The molecule has 0 spiro atoms. The SMILES string of the molecule is O=C(CN1CCOCC1)OC1C2OC(=O)C3C2OC1C3C(=O)OCOC1CC2CC1C1CCCC21. The van der Waals surface area contributed by atoms with Gasteiger partial charge in [0, 0.05) is 13.1 Å². The number of hydrogen-bond acceptors (Lipinski definition) is 10. The third kappa shape index (κ3) is 3.62. The Bertz CT molecular complexity index is 890. The van der Waals surface area contributed by atoms with Crippen molar-refractivity contribution in [1.29, 1.82) is 0 Å². The summed E-state index contributed by atoms with van der Waals surface area (Å²) in [4.78, 5) is 40.2. The van der Waals surface area contributed by atoms with Crippen molar-refractivity contribution in [3.8, 4) is 0 Å². The standard InChI is InChI=1S/C25H33NO9/c27-17(10-26-4-6-30-7-5-26)33-22-20-18(19-21(34-20)23(22)35-25(19)29)24(28)32-11-31-16-9-12-8-15(16)14-3-1-2-13(12)14/h12-16,18-23H,1-11H2. The summed E-state index contributed by atoms with van der Waals surface area (Å²) in [7, 11) is 0. The second-order valence-electron chi connectivity index (χ2n) is 11.3. The van der Waals surface area contributed by atoms with Gasteiger partial charge in [0.1, 0.15) is 24.0 Å². The molecule has 11 atom stereocenters. The van der Waals surface area contributed by atoms with Crippen LogP contribution in [0.4, 0.5) is 0 Å². The Morgan fingerprint density at radius 1 is 1.00 bits per heavy atom. The summed E-state index contributed by atoms with van der Waals surface area (Å²) < 4.78 is 34.0. The fourth-order valence-electron chi connectivity index (χ4n) is 8.34. The molecule has 4 heterocycles. The Morgan fingerprint density at radius 2 is 1.83 bits per heavy atom. The van der Waals surface area contributed by atoms with Crippen LogP contribution in [0.2, 0.25) is 0 Å². The van der Waals surface area contributed by atoms with E-state index < -0.39 is 54.2 Å². The summed E-state index contributed by atoms with van der Waals surface area (Å²) in [5, 5.41) is 0. The Hall–Kier alpha value is -1.75. The molecule has 10 nitrogen and oxygen atoms in total. The van der Waals surface area contributed by atoms with Crippen LogP contribution in [0.15, 0.2) is 0 Å². The average molecular weight is 492 g/mol. The van der Waals surface area contributed by atoms with Crippen LogP contribution in [0.3, 0.4) is 0 Å². The molecule has 7 aliphatic rings. The van der Waals surface area contributed by atoms with Crippen molar-refractivity contribution >= 4 is 17.9 Å². The number of carbonyl (C=O) groups excluding carboxylic acids is 3. The Balaban J connectivity index is 0.957. The Kier molecular flexibility index (Phi) is 5.56. The van der Waals surface area contributed by atoms with E-state index in [0.717, 1.165) is 24.2 Å². The van der Waals surface area contributed by atoms with Crippen LogP contribution in [0, 0.1) is 35.5 Å². The molecule has 10 heteroatoms. The van der Waals surface area contributed by atoms with E-state index in [-0.39, 0.29) is 19.4 Å². The lowest BCUT2D eigenvalue weighted by atomic mass is 9.78. The molecule has 0 aromatic rings. The number of ether oxygens (including phenoxy) is 6. The first-order valence-electron chi connectivity index (χ1n) is 13.2. The first-order valence-corrected chi connectivity index (χ1v) is 13.2. The molecule has 4 saturated heterocycles. The van der Waals surface area contributed by atoms with E-state index in [0.29, 0.717) is 32.2 Å². The molecular weight excluding hydrogens is 458 g/mol. The van der Waals surface area contributed by atoms with Gasteiger partial charge in [0.15, 0.2) is 19.0 Å². The predicted octanol–water partition coefficient (Wildman–Crippen LogP) is 0.511. The van der Waals surface area contributed by atoms with Crippen molar-refractivity contribution in [2.75, 3.05) is 39.6 Å². The van der Waals surface area contributed by atoms with Crippen LogP contribution in [0.25, 0.3) is 0 Å². The molecule has 35 heavy (non-hydrogen) atoms. The van der Waals surface area contributed by atoms with Gasteiger partial charge in [0.25, 0.3) is 0 Å². The summed E-state index contributed by atoms with van der Waals surface area (Å²) in [6.07, 6.45) is 3.61. The minimum Gasteiger partial charge on any atom is -0.455 e. The molecular formula is C25H33NO9. The molecule has 7 rings (SSSR count). The summed E-state index contributed by atoms with van der Waals surface area (Å²) in [5.74, 6) is -0.0472. The number of morpholine rings is 1.